The van der Waals surface area contributed by atoms with Gasteiger partial charge in [0, 0.05) is 18.4 Å². The fourth-order valence-electron chi connectivity index (χ4n) is 2.62. The van der Waals surface area contributed by atoms with E-state index >= 15 is 0 Å². The molecule has 0 atom stereocenters. The fraction of sp³-hybridized carbons (Fsp3) is 0.211. The first-order valence-electron chi connectivity index (χ1n) is 7.92. The summed E-state index contributed by atoms with van der Waals surface area (Å²) in [5.74, 6) is -0.988. The number of halogens is 1. The maximum Gasteiger partial charge on any atom is 0.343 e. The Balaban J connectivity index is 2.19. The third-order valence-corrected chi connectivity index (χ3v) is 3.82. The minimum atomic E-state index is -0.664. The maximum absolute atomic E-state index is 13.1. The molecule has 0 saturated carbocycles. The third kappa shape index (κ3) is 3.42. The van der Waals surface area contributed by atoms with Crippen LogP contribution in [0, 0.1) is 12.7 Å². The highest BCUT2D eigenvalue weighted by molar-refractivity contribution is 5.93. The van der Waals surface area contributed by atoms with Crippen LogP contribution < -0.4 is 5.43 Å². The molecule has 0 N–H and O–H groups in total. The third-order valence-electron chi connectivity index (χ3n) is 3.82. The van der Waals surface area contributed by atoms with E-state index in [1.807, 2.05) is 6.92 Å². The largest absolute Gasteiger partial charge is 0.462 e. The lowest BCUT2D eigenvalue weighted by molar-refractivity contribution is 0.0524. The second-order valence-electron chi connectivity index (χ2n) is 5.67. The predicted molar refractivity (Wildman–Crippen MR) is 92.2 cm³/mol. The average molecular weight is 340 g/mol. The molecule has 0 aliphatic carbocycles. The molecule has 0 aliphatic heterocycles. The molecule has 2 heterocycles. The van der Waals surface area contributed by atoms with E-state index in [1.165, 1.54) is 18.3 Å². The number of benzene rings is 1. The summed E-state index contributed by atoms with van der Waals surface area (Å²) in [5.41, 5.74) is 1.61. The Bertz CT molecular complexity index is 994. The van der Waals surface area contributed by atoms with Gasteiger partial charge in [0.15, 0.2) is 0 Å². The van der Waals surface area contributed by atoms with E-state index in [0.29, 0.717) is 17.6 Å². The summed E-state index contributed by atoms with van der Waals surface area (Å²) in [6.07, 6.45) is 1.46. The lowest BCUT2D eigenvalue weighted by Crippen LogP contribution is -2.22. The summed E-state index contributed by atoms with van der Waals surface area (Å²) in [5, 5.41) is 0.346. The zero-order valence-electron chi connectivity index (χ0n) is 14.0. The van der Waals surface area contributed by atoms with E-state index in [2.05, 4.69) is 4.98 Å². The van der Waals surface area contributed by atoms with Gasteiger partial charge in [0.2, 0.25) is 5.43 Å². The molecule has 128 valence electrons. The van der Waals surface area contributed by atoms with Gasteiger partial charge in [0.05, 0.1) is 12.0 Å². The molecule has 0 radical (unpaired) electrons. The van der Waals surface area contributed by atoms with Gasteiger partial charge in [-0.25, -0.2) is 14.2 Å². The Hall–Kier alpha value is -3.02. The van der Waals surface area contributed by atoms with Crippen molar-refractivity contribution in [1.82, 2.24) is 9.55 Å². The summed E-state index contributed by atoms with van der Waals surface area (Å²) in [6, 6.07) is 9.42. The molecule has 0 bridgehead atoms. The predicted octanol–water partition coefficient (Wildman–Crippen LogP) is 3.07. The highest BCUT2D eigenvalue weighted by atomic mass is 19.1. The first-order chi connectivity index (χ1) is 12.0. The van der Waals surface area contributed by atoms with Gasteiger partial charge >= 0.3 is 5.97 Å². The molecule has 3 aromatic rings. The fourth-order valence-corrected chi connectivity index (χ4v) is 2.62. The first-order valence-corrected chi connectivity index (χ1v) is 7.92. The van der Waals surface area contributed by atoms with E-state index in [4.69, 9.17) is 4.74 Å². The number of carbonyl (C=O) groups excluding carboxylic acids is 1. The molecule has 0 fully saturated rings. The van der Waals surface area contributed by atoms with Gasteiger partial charge in [0.25, 0.3) is 0 Å². The van der Waals surface area contributed by atoms with Crippen LogP contribution in [-0.2, 0) is 11.3 Å². The topological polar surface area (TPSA) is 61.2 Å². The van der Waals surface area contributed by atoms with E-state index in [-0.39, 0.29) is 18.0 Å². The second-order valence-corrected chi connectivity index (χ2v) is 5.67. The summed E-state index contributed by atoms with van der Waals surface area (Å²) in [6.45, 7) is 4.03. The summed E-state index contributed by atoms with van der Waals surface area (Å²) < 4.78 is 19.8. The quantitative estimate of drug-likeness (QED) is 0.685. The number of hydrogen-bond donors (Lipinski definition) is 0. The summed E-state index contributed by atoms with van der Waals surface area (Å²) in [7, 11) is 0. The van der Waals surface area contributed by atoms with Crippen molar-refractivity contribution in [2.24, 2.45) is 0 Å². The zero-order chi connectivity index (χ0) is 18.0. The lowest BCUT2D eigenvalue weighted by atomic mass is 10.1. The molecular weight excluding hydrogens is 323 g/mol. The maximum atomic E-state index is 13.1. The Morgan fingerprint density at radius 2 is 1.92 bits per heavy atom. The molecule has 2 aromatic heterocycles. The van der Waals surface area contributed by atoms with E-state index in [0.717, 1.165) is 11.3 Å². The number of rotatable bonds is 4. The van der Waals surface area contributed by atoms with Crippen LogP contribution in [0.4, 0.5) is 4.39 Å². The monoisotopic (exact) mass is 340 g/mol. The van der Waals surface area contributed by atoms with Crippen molar-refractivity contribution in [3.63, 3.8) is 0 Å². The van der Waals surface area contributed by atoms with E-state index < -0.39 is 11.4 Å². The minimum absolute atomic E-state index is 0.0397. The van der Waals surface area contributed by atoms with Gasteiger partial charge < -0.3 is 9.30 Å². The van der Waals surface area contributed by atoms with Crippen LogP contribution in [0.3, 0.4) is 0 Å². The molecule has 3 rings (SSSR count). The number of aromatic nitrogens is 2. The van der Waals surface area contributed by atoms with Gasteiger partial charge in [-0.3, -0.25) is 4.79 Å². The molecule has 5 nitrogen and oxygen atoms in total. The second kappa shape index (κ2) is 6.84. The molecule has 0 unspecified atom stereocenters. The smallest absolute Gasteiger partial charge is 0.343 e. The van der Waals surface area contributed by atoms with Crippen LogP contribution in [0.2, 0.25) is 0 Å². The lowest BCUT2D eigenvalue weighted by Gasteiger charge is -2.13. The Kier molecular flexibility index (Phi) is 4.61. The average Bonchev–Trinajstić information content (AvgIpc) is 2.59. The van der Waals surface area contributed by atoms with Gasteiger partial charge in [0.1, 0.15) is 17.0 Å². The van der Waals surface area contributed by atoms with Crippen LogP contribution in [0.25, 0.3) is 11.0 Å². The Morgan fingerprint density at radius 3 is 2.60 bits per heavy atom. The van der Waals surface area contributed by atoms with Gasteiger partial charge in [-0.15, -0.1) is 0 Å². The molecule has 1 aromatic carbocycles. The molecule has 0 amide bonds. The molecule has 0 spiro atoms. The summed E-state index contributed by atoms with van der Waals surface area (Å²) >= 11 is 0. The number of fused-ring (bicyclic) bond motifs is 1. The van der Waals surface area contributed by atoms with Crippen molar-refractivity contribution < 1.29 is 13.9 Å². The van der Waals surface area contributed by atoms with Crippen molar-refractivity contribution >= 4 is 17.0 Å². The van der Waals surface area contributed by atoms with E-state index in [1.54, 1.807) is 35.8 Å². The number of ether oxygens (including phenoxy) is 1. The Labute approximate surface area is 143 Å². The summed E-state index contributed by atoms with van der Waals surface area (Å²) in [4.78, 5) is 29.2. The van der Waals surface area contributed by atoms with Gasteiger partial charge in [-0.2, -0.15) is 0 Å². The van der Waals surface area contributed by atoms with Crippen molar-refractivity contribution in [3.8, 4) is 0 Å². The first kappa shape index (κ1) is 16.8. The molecule has 6 heteroatoms. The van der Waals surface area contributed by atoms with Gasteiger partial charge in [-0.1, -0.05) is 12.1 Å². The highest BCUT2D eigenvalue weighted by Crippen LogP contribution is 2.14. The van der Waals surface area contributed by atoms with Crippen molar-refractivity contribution in [1.29, 1.82) is 0 Å². The van der Waals surface area contributed by atoms with Crippen LogP contribution in [0.5, 0.6) is 0 Å². The van der Waals surface area contributed by atoms with Crippen molar-refractivity contribution in [3.05, 3.63) is 75.5 Å². The van der Waals surface area contributed by atoms with Crippen molar-refractivity contribution in [2.45, 2.75) is 20.4 Å². The number of aryl methyl sites for hydroxylation is 1. The van der Waals surface area contributed by atoms with Crippen LogP contribution in [-0.4, -0.2) is 22.1 Å². The van der Waals surface area contributed by atoms with Gasteiger partial charge in [-0.05, 0) is 43.7 Å². The van der Waals surface area contributed by atoms with Crippen LogP contribution in [0.1, 0.15) is 28.5 Å². The molecule has 0 aliphatic rings. The number of nitrogens with zero attached hydrogens (tertiary/aromatic N) is 2. The number of pyridine rings is 2. The highest BCUT2D eigenvalue weighted by Gasteiger charge is 2.17. The van der Waals surface area contributed by atoms with Crippen molar-refractivity contribution in [2.75, 3.05) is 6.61 Å². The zero-order valence-corrected chi connectivity index (χ0v) is 14.0. The normalized spacial score (nSPS) is 10.8. The molecule has 0 saturated heterocycles. The molecular formula is C19H17FN2O3. The number of hydrogen-bond acceptors (Lipinski definition) is 4. The standard InChI is InChI=1S/C19H17FN2O3/c1-3-25-19(24)16-11-22(10-13-5-7-14(20)8-6-13)18-15(17(16)23)9-4-12(2)21-18/h4-9,11H,3,10H2,1-2H3. The van der Waals surface area contributed by atoms with Crippen LogP contribution >= 0.6 is 0 Å². The SMILES string of the molecule is CCOC(=O)c1cn(Cc2ccc(F)cc2)c2nc(C)ccc2c1=O. The number of esters is 1. The molecule has 25 heavy (non-hydrogen) atoms. The van der Waals surface area contributed by atoms with Crippen LogP contribution in [0.15, 0.2) is 47.4 Å². The van der Waals surface area contributed by atoms with E-state index in [9.17, 15) is 14.0 Å². The minimum Gasteiger partial charge on any atom is -0.462 e. The Morgan fingerprint density at radius 1 is 1.20 bits per heavy atom. The number of carbonyl (C=O) groups is 1.